The molecule has 0 atom stereocenters. The standard InChI is InChI=1S/C25H26N4O4S/c1-19-16-21-8-5-9-22(25(21)27-17-19)34(32,33)29-14-12-28(13-15-29)24(31)18-26-23(30)11-10-20-6-3-2-4-7-20/h2-11,16-17H,12-15,18H2,1H3,(H,26,30)/b11-10+. The lowest BCUT2D eigenvalue weighted by Crippen LogP contribution is -2.52. The lowest BCUT2D eigenvalue weighted by Gasteiger charge is -2.34. The summed E-state index contributed by atoms with van der Waals surface area (Å²) in [4.78, 5) is 30.6. The molecule has 1 aliphatic heterocycles. The molecule has 4 rings (SSSR count). The number of hydrogen-bond acceptors (Lipinski definition) is 5. The first-order chi connectivity index (χ1) is 16.3. The molecule has 0 bridgehead atoms. The van der Waals surface area contributed by atoms with E-state index in [0.29, 0.717) is 5.52 Å². The van der Waals surface area contributed by atoms with Crippen LogP contribution >= 0.6 is 0 Å². The number of sulfonamides is 1. The Bertz CT molecular complexity index is 1330. The largest absolute Gasteiger partial charge is 0.343 e. The van der Waals surface area contributed by atoms with E-state index in [4.69, 9.17) is 0 Å². The molecule has 0 unspecified atom stereocenters. The van der Waals surface area contributed by atoms with E-state index >= 15 is 0 Å². The molecule has 1 saturated heterocycles. The molecule has 0 aliphatic carbocycles. The second-order valence-corrected chi connectivity index (χ2v) is 9.99. The number of aryl methyl sites for hydroxylation is 1. The number of carbonyl (C=O) groups excluding carboxylic acids is 2. The van der Waals surface area contributed by atoms with E-state index in [2.05, 4.69) is 10.3 Å². The fraction of sp³-hybridized carbons (Fsp3) is 0.240. The van der Waals surface area contributed by atoms with E-state index < -0.39 is 10.0 Å². The highest BCUT2D eigenvalue weighted by Gasteiger charge is 2.31. The lowest BCUT2D eigenvalue weighted by atomic mass is 10.2. The monoisotopic (exact) mass is 478 g/mol. The Morgan fingerprint density at radius 1 is 1.03 bits per heavy atom. The van der Waals surface area contributed by atoms with E-state index in [1.54, 1.807) is 29.3 Å². The van der Waals surface area contributed by atoms with Crippen LogP contribution in [0.1, 0.15) is 11.1 Å². The van der Waals surface area contributed by atoms with Crippen molar-refractivity contribution in [2.75, 3.05) is 32.7 Å². The van der Waals surface area contributed by atoms with E-state index in [0.717, 1.165) is 16.5 Å². The van der Waals surface area contributed by atoms with Crippen LogP contribution in [0.25, 0.3) is 17.0 Å². The Hall–Kier alpha value is -3.56. The van der Waals surface area contributed by atoms with Crippen LogP contribution < -0.4 is 5.32 Å². The van der Waals surface area contributed by atoms with Crippen LogP contribution in [0.2, 0.25) is 0 Å². The average molecular weight is 479 g/mol. The Balaban J connectivity index is 1.33. The number of aromatic nitrogens is 1. The number of pyridine rings is 1. The summed E-state index contributed by atoms with van der Waals surface area (Å²) < 4.78 is 28.0. The molecule has 8 nitrogen and oxygen atoms in total. The topological polar surface area (TPSA) is 99.7 Å². The molecule has 0 radical (unpaired) electrons. The van der Waals surface area contributed by atoms with Gasteiger partial charge in [0.05, 0.1) is 12.1 Å². The number of carbonyl (C=O) groups is 2. The summed E-state index contributed by atoms with van der Waals surface area (Å²) in [5, 5.41) is 3.36. The number of nitrogens with one attached hydrogen (secondary N) is 1. The van der Waals surface area contributed by atoms with Crippen LogP contribution in [0, 0.1) is 6.92 Å². The predicted octanol–water partition coefficient (Wildman–Crippen LogP) is 2.21. The lowest BCUT2D eigenvalue weighted by molar-refractivity contribution is -0.133. The zero-order valence-electron chi connectivity index (χ0n) is 18.8. The highest BCUT2D eigenvalue weighted by atomic mass is 32.2. The normalized spacial score (nSPS) is 15.0. The van der Waals surface area contributed by atoms with Crippen molar-refractivity contribution in [1.29, 1.82) is 0 Å². The minimum atomic E-state index is -3.76. The van der Waals surface area contributed by atoms with Crippen molar-refractivity contribution in [3.05, 3.63) is 78.0 Å². The third-order valence-electron chi connectivity index (χ3n) is 5.66. The minimum absolute atomic E-state index is 0.142. The van der Waals surface area contributed by atoms with Gasteiger partial charge in [0.1, 0.15) is 4.90 Å². The average Bonchev–Trinajstić information content (AvgIpc) is 2.86. The van der Waals surface area contributed by atoms with Gasteiger partial charge < -0.3 is 10.2 Å². The molecule has 0 saturated carbocycles. The van der Waals surface area contributed by atoms with Gasteiger partial charge in [-0.25, -0.2) is 8.42 Å². The maximum Gasteiger partial charge on any atom is 0.245 e. The van der Waals surface area contributed by atoms with Gasteiger partial charge in [0.25, 0.3) is 0 Å². The van der Waals surface area contributed by atoms with Gasteiger partial charge >= 0.3 is 0 Å². The first kappa shape index (κ1) is 23.6. The predicted molar refractivity (Wildman–Crippen MR) is 130 cm³/mol. The van der Waals surface area contributed by atoms with E-state index in [9.17, 15) is 18.0 Å². The molecular weight excluding hydrogens is 452 g/mol. The molecule has 176 valence electrons. The number of benzene rings is 2. The molecule has 9 heteroatoms. The summed E-state index contributed by atoms with van der Waals surface area (Å²) >= 11 is 0. The molecule has 1 aromatic heterocycles. The van der Waals surface area contributed by atoms with E-state index in [1.165, 1.54) is 10.4 Å². The zero-order chi connectivity index (χ0) is 24.1. The Labute approximate surface area is 198 Å². The molecule has 1 N–H and O–H groups in total. The summed E-state index contributed by atoms with van der Waals surface area (Å²) in [7, 11) is -3.76. The molecule has 2 heterocycles. The van der Waals surface area contributed by atoms with Crippen molar-refractivity contribution in [1.82, 2.24) is 19.5 Å². The van der Waals surface area contributed by atoms with Gasteiger partial charge in [0.2, 0.25) is 21.8 Å². The number of nitrogens with zero attached hydrogens (tertiary/aromatic N) is 3. The van der Waals surface area contributed by atoms with Crippen molar-refractivity contribution in [3.63, 3.8) is 0 Å². The summed E-state index contributed by atoms with van der Waals surface area (Å²) in [6, 6.07) is 16.4. The van der Waals surface area contributed by atoms with Crippen LogP contribution in [0.15, 0.2) is 71.8 Å². The maximum absolute atomic E-state index is 13.3. The molecule has 2 aromatic carbocycles. The quantitative estimate of drug-likeness (QED) is 0.548. The third kappa shape index (κ3) is 5.32. The van der Waals surface area contributed by atoms with Crippen molar-refractivity contribution >= 4 is 38.8 Å². The summed E-state index contributed by atoms with van der Waals surface area (Å²) in [6.07, 6.45) is 4.71. The van der Waals surface area contributed by atoms with Gasteiger partial charge in [-0.1, -0.05) is 42.5 Å². The fourth-order valence-electron chi connectivity index (χ4n) is 3.84. The molecule has 2 amide bonds. The smallest absolute Gasteiger partial charge is 0.245 e. The van der Waals surface area contributed by atoms with Gasteiger partial charge in [-0.2, -0.15) is 4.31 Å². The highest BCUT2D eigenvalue weighted by Crippen LogP contribution is 2.25. The van der Waals surface area contributed by atoms with Crippen LogP contribution in [-0.2, 0) is 19.6 Å². The van der Waals surface area contributed by atoms with E-state index in [1.807, 2.05) is 49.4 Å². The Kier molecular flexibility index (Phi) is 7.04. The van der Waals surface area contributed by atoms with E-state index in [-0.39, 0.29) is 49.4 Å². The number of amides is 2. The number of fused-ring (bicyclic) bond motifs is 1. The molecule has 3 aromatic rings. The fourth-order valence-corrected chi connectivity index (χ4v) is 5.43. The molecule has 34 heavy (non-hydrogen) atoms. The SMILES string of the molecule is Cc1cnc2c(S(=O)(=O)N3CCN(C(=O)CNC(=O)/C=C/c4ccccc4)CC3)cccc2c1. The Morgan fingerprint density at radius 2 is 1.76 bits per heavy atom. The number of rotatable bonds is 6. The number of para-hydroxylation sites is 1. The van der Waals surface area contributed by atoms with Gasteiger partial charge in [-0.3, -0.25) is 14.6 Å². The van der Waals surface area contributed by atoms with Crippen molar-refractivity contribution < 1.29 is 18.0 Å². The van der Waals surface area contributed by atoms with Gasteiger partial charge in [-0.05, 0) is 36.3 Å². The first-order valence-electron chi connectivity index (χ1n) is 11.0. The van der Waals surface area contributed by atoms with Crippen molar-refractivity contribution in [2.24, 2.45) is 0 Å². The molecule has 1 fully saturated rings. The van der Waals surface area contributed by atoms with Crippen LogP contribution in [-0.4, -0.2) is 67.1 Å². The van der Waals surface area contributed by atoms with Crippen LogP contribution in [0.4, 0.5) is 0 Å². The second-order valence-electron chi connectivity index (χ2n) is 8.09. The summed E-state index contributed by atoms with van der Waals surface area (Å²) in [5.74, 6) is -0.613. The van der Waals surface area contributed by atoms with Crippen molar-refractivity contribution in [2.45, 2.75) is 11.8 Å². The third-order valence-corrected chi connectivity index (χ3v) is 7.59. The molecule has 1 aliphatic rings. The van der Waals surface area contributed by atoms with Crippen molar-refractivity contribution in [3.8, 4) is 0 Å². The van der Waals surface area contributed by atoms with Gasteiger partial charge in [-0.15, -0.1) is 0 Å². The Morgan fingerprint density at radius 3 is 2.50 bits per heavy atom. The zero-order valence-corrected chi connectivity index (χ0v) is 19.7. The van der Waals surface area contributed by atoms with Crippen LogP contribution in [0.3, 0.4) is 0 Å². The summed E-state index contributed by atoms with van der Waals surface area (Å²) in [6.45, 7) is 2.63. The first-order valence-corrected chi connectivity index (χ1v) is 12.4. The summed E-state index contributed by atoms with van der Waals surface area (Å²) in [5.41, 5.74) is 2.28. The number of piperazine rings is 1. The number of hydrogen-bond donors (Lipinski definition) is 1. The maximum atomic E-state index is 13.3. The molecule has 0 spiro atoms. The molecular formula is C25H26N4O4S. The van der Waals surface area contributed by atoms with Crippen LogP contribution in [0.5, 0.6) is 0 Å². The van der Waals surface area contributed by atoms with Gasteiger partial charge in [0, 0.05) is 43.8 Å². The van der Waals surface area contributed by atoms with Gasteiger partial charge in [0.15, 0.2) is 0 Å². The second kappa shape index (κ2) is 10.1. The minimum Gasteiger partial charge on any atom is -0.343 e. The highest BCUT2D eigenvalue weighted by molar-refractivity contribution is 7.89.